The van der Waals surface area contributed by atoms with Crippen LogP contribution in [-0.4, -0.2) is 47.5 Å². The molecule has 0 saturated carbocycles. The van der Waals surface area contributed by atoms with E-state index in [4.69, 9.17) is 9.47 Å². The molecule has 0 aromatic heterocycles. The third-order valence-corrected chi connectivity index (χ3v) is 6.17. The number of para-hydroxylation sites is 2. The monoisotopic (exact) mass is 462 g/mol. The van der Waals surface area contributed by atoms with E-state index in [-0.39, 0.29) is 30.4 Å². The predicted molar refractivity (Wildman–Crippen MR) is 130 cm³/mol. The topological polar surface area (TPSA) is 42.0 Å². The van der Waals surface area contributed by atoms with Crippen molar-refractivity contribution in [1.29, 1.82) is 0 Å². The fraction of sp³-hybridized carbons (Fsp3) is 0.321. The first-order chi connectivity index (χ1) is 16.5. The van der Waals surface area contributed by atoms with Crippen LogP contribution in [0.5, 0.6) is 11.5 Å². The molecule has 3 aromatic rings. The van der Waals surface area contributed by atoms with Crippen LogP contribution in [0.3, 0.4) is 0 Å². The van der Waals surface area contributed by atoms with Crippen molar-refractivity contribution < 1.29 is 18.7 Å². The number of nitrogens with zero attached hydrogens (tertiary/aromatic N) is 2. The van der Waals surface area contributed by atoms with Crippen LogP contribution in [0, 0.1) is 5.82 Å². The average molecular weight is 463 g/mol. The Labute approximate surface area is 200 Å². The number of hydrogen-bond acceptors (Lipinski definition) is 4. The minimum absolute atomic E-state index is 0.0409. The quantitative estimate of drug-likeness (QED) is 0.477. The molecule has 4 rings (SSSR count). The molecule has 0 aliphatic carbocycles. The molecule has 1 fully saturated rings. The van der Waals surface area contributed by atoms with Crippen LogP contribution in [-0.2, 0) is 17.9 Å². The highest BCUT2D eigenvalue weighted by Crippen LogP contribution is 2.27. The van der Waals surface area contributed by atoms with Crippen molar-refractivity contribution in [3.05, 3.63) is 95.8 Å². The molecule has 0 N–H and O–H groups in total. The molecule has 0 spiro atoms. The Morgan fingerprint density at radius 2 is 1.47 bits per heavy atom. The minimum atomic E-state index is -0.229. The van der Waals surface area contributed by atoms with Crippen molar-refractivity contribution >= 4 is 5.91 Å². The summed E-state index contributed by atoms with van der Waals surface area (Å²) in [4.78, 5) is 17.2. The maximum absolute atomic E-state index is 13.2. The summed E-state index contributed by atoms with van der Waals surface area (Å²) in [6, 6.07) is 24.2. The molecular formula is C28H31FN2O3. The number of piperazine rings is 1. The van der Waals surface area contributed by atoms with Gasteiger partial charge in [-0.1, -0.05) is 54.6 Å². The summed E-state index contributed by atoms with van der Waals surface area (Å²) in [7, 11) is 0. The second kappa shape index (κ2) is 11.2. The second-order valence-corrected chi connectivity index (χ2v) is 8.81. The van der Waals surface area contributed by atoms with Crippen molar-refractivity contribution in [3.63, 3.8) is 0 Å². The Bertz CT molecular complexity index is 1070. The third kappa shape index (κ3) is 6.14. The number of benzene rings is 3. The standard InChI is InChI=1S/C28H31FN2O3/c1-21-17-31(22(2)16-30(21)18-23-12-14-25(29)15-13-23)28(32)20-34-27-11-7-6-10-26(27)33-19-24-8-4-3-5-9-24/h3-15,21-22H,16-20H2,1-2H3. The van der Waals surface area contributed by atoms with E-state index in [1.165, 1.54) is 12.1 Å². The van der Waals surface area contributed by atoms with Crippen molar-refractivity contribution in [2.75, 3.05) is 19.7 Å². The lowest BCUT2D eigenvalue weighted by Crippen LogP contribution is -2.58. The first kappa shape index (κ1) is 23.8. The van der Waals surface area contributed by atoms with Crippen molar-refractivity contribution in [1.82, 2.24) is 9.80 Å². The van der Waals surface area contributed by atoms with Crippen LogP contribution >= 0.6 is 0 Å². The van der Waals surface area contributed by atoms with E-state index in [9.17, 15) is 9.18 Å². The highest BCUT2D eigenvalue weighted by Gasteiger charge is 2.32. The van der Waals surface area contributed by atoms with E-state index < -0.39 is 0 Å². The van der Waals surface area contributed by atoms with Crippen molar-refractivity contribution in [3.8, 4) is 11.5 Å². The van der Waals surface area contributed by atoms with Crippen LogP contribution in [0.1, 0.15) is 25.0 Å². The number of ether oxygens (including phenoxy) is 2. The highest BCUT2D eigenvalue weighted by atomic mass is 19.1. The molecule has 0 radical (unpaired) electrons. The number of amides is 1. The Balaban J connectivity index is 1.31. The van der Waals surface area contributed by atoms with E-state index in [0.29, 0.717) is 24.7 Å². The molecule has 2 atom stereocenters. The van der Waals surface area contributed by atoms with Gasteiger partial charge in [-0.15, -0.1) is 0 Å². The summed E-state index contributed by atoms with van der Waals surface area (Å²) >= 11 is 0. The number of halogens is 1. The summed E-state index contributed by atoms with van der Waals surface area (Å²) in [6.45, 7) is 6.66. The zero-order valence-electron chi connectivity index (χ0n) is 19.7. The van der Waals surface area contributed by atoms with Crippen molar-refractivity contribution in [2.24, 2.45) is 0 Å². The lowest BCUT2D eigenvalue weighted by molar-refractivity contribution is -0.139. The molecule has 3 aromatic carbocycles. The molecule has 1 heterocycles. The molecule has 1 aliphatic rings. The lowest BCUT2D eigenvalue weighted by Gasteiger charge is -2.44. The van der Waals surface area contributed by atoms with Crippen LogP contribution in [0.2, 0.25) is 0 Å². The summed E-state index contributed by atoms with van der Waals surface area (Å²) in [6.07, 6.45) is 0. The number of carbonyl (C=O) groups is 1. The van der Waals surface area contributed by atoms with Gasteiger partial charge in [0.25, 0.3) is 5.91 Å². The van der Waals surface area contributed by atoms with Gasteiger partial charge in [0.2, 0.25) is 0 Å². The maximum atomic E-state index is 13.2. The molecule has 178 valence electrons. The van der Waals surface area contributed by atoms with Gasteiger partial charge in [0.15, 0.2) is 18.1 Å². The number of hydrogen-bond donors (Lipinski definition) is 0. The minimum Gasteiger partial charge on any atom is -0.485 e. The molecule has 1 saturated heterocycles. The first-order valence-electron chi connectivity index (χ1n) is 11.7. The van der Waals surface area contributed by atoms with Gasteiger partial charge in [0, 0.05) is 31.7 Å². The fourth-order valence-electron chi connectivity index (χ4n) is 4.24. The van der Waals surface area contributed by atoms with Crippen LogP contribution < -0.4 is 9.47 Å². The molecule has 1 amide bonds. The summed E-state index contributed by atoms with van der Waals surface area (Å²) in [5, 5.41) is 0. The summed E-state index contributed by atoms with van der Waals surface area (Å²) in [5.74, 6) is 0.901. The van der Waals surface area contributed by atoms with E-state index in [1.54, 1.807) is 0 Å². The molecule has 6 heteroatoms. The summed E-state index contributed by atoms with van der Waals surface area (Å²) in [5.41, 5.74) is 2.13. The number of carbonyl (C=O) groups excluding carboxylic acids is 1. The Kier molecular flexibility index (Phi) is 7.80. The number of rotatable bonds is 8. The van der Waals surface area contributed by atoms with Gasteiger partial charge in [-0.3, -0.25) is 9.69 Å². The van der Waals surface area contributed by atoms with Crippen LogP contribution in [0.15, 0.2) is 78.9 Å². The predicted octanol–water partition coefficient (Wildman–Crippen LogP) is 4.90. The zero-order valence-corrected chi connectivity index (χ0v) is 19.7. The van der Waals surface area contributed by atoms with Gasteiger partial charge in [0.05, 0.1) is 0 Å². The van der Waals surface area contributed by atoms with Crippen LogP contribution in [0.25, 0.3) is 0 Å². The Morgan fingerprint density at radius 1 is 0.824 bits per heavy atom. The zero-order chi connectivity index (χ0) is 23.9. The van der Waals surface area contributed by atoms with Gasteiger partial charge in [-0.2, -0.15) is 0 Å². The third-order valence-electron chi connectivity index (χ3n) is 6.17. The Hall–Kier alpha value is -3.38. The smallest absolute Gasteiger partial charge is 0.260 e. The fourth-order valence-corrected chi connectivity index (χ4v) is 4.24. The van der Waals surface area contributed by atoms with E-state index in [1.807, 2.05) is 71.6 Å². The summed E-state index contributed by atoms with van der Waals surface area (Å²) < 4.78 is 25.0. The molecular weight excluding hydrogens is 431 g/mol. The van der Waals surface area contributed by atoms with E-state index >= 15 is 0 Å². The molecule has 2 unspecified atom stereocenters. The maximum Gasteiger partial charge on any atom is 0.260 e. The molecule has 1 aliphatic heterocycles. The van der Waals surface area contributed by atoms with Gasteiger partial charge in [-0.05, 0) is 49.2 Å². The van der Waals surface area contributed by atoms with E-state index in [0.717, 1.165) is 24.2 Å². The second-order valence-electron chi connectivity index (χ2n) is 8.81. The van der Waals surface area contributed by atoms with Gasteiger partial charge in [-0.25, -0.2) is 4.39 Å². The van der Waals surface area contributed by atoms with Crippen molar-refractivity contribution in [2.45, 2.75) is 39.1 Å². The van der Waals surface area contributed by atoms with Crippen LogP contribution in [0.4, 0.5) is 4.39 Å². The highest BCUT2D eigenvalue weighted by molar-refractivity contribution is 5.78. The van der Waals surface area contributed by atoms with E-state index in [2.05, 4.69) is 18.7 Å². The van der Waals surface area contributed by atoms with Gasteiger partial charge < -0.3 is 14.4 Å². The molecule has 0 bridgehead atoms. The molecule has 5 nitrogen and oxygen atoms in total. The molecule has 34 heavy (non-hydrogen) atoms. The van der Waals surface area contributed by atoms with Gasteiger partial charge in [0.1, 0.15) is 12.4 Å². The normalized spacial score (nSPS) is 18.5. The lowest BCUT2D eigenvalue weighted by atomic mass is 10.1. The first-order valence-corrected chi connectivity index (χ1v) is 11.7. The van der Waals surface area contributed by atoms with Gasteiger partial charge >= 0.3 is 0 Å². The average Bonchev–Trinajstić information content (AvgIpc) is 2.85. The SMILES string of the molecule is CC1CN(C(=O)COc2ccccc2OCc2ccccc2)C(C)CN1Cc1ccc(F)cc1. The Morgan fingerprint density at radius 3 is 2.18 bits per heavy atom. The largest absolute Gasteiger partial charge is 0.485 e.